The number of benzene rings is 1. The molecule has 36 heavy (non-hydrogen) atoms. The molecular weight excluding hydrogens is 458 g/mol. The van der Waals surface area contributed by atoms with Crippen LogP contribution in [0.4, 0.5) is 0 Å². The fraction of sp³-hybridized carbons (Fsp3) is 0.346. The Hall–Kier alpha value is -4.05. The second-order valence-corrected chi connectivity index (χ2v) is 9.58. The van der Waals surface area contributed by atoms with Crippen molar-refractivity contribution < 1.29 is 14.3 Å². The van der Waals surface area contributed by atoms with E-state index >= 15 is 0 Å². The predicted octanol–water partition coefficient (Wildman–Crippen LogP) is 2.23. The van der Waals surface area contributed by atoms with E-state index in [0.29, 0.717) is 53.2 Å². The molecule has 0 spiro atoms. The average molecular weight is 486 g/mol. The van der Waals surface area contributed by atoms with Gasteiger partial charge in [-0.3, -0.25) is 14.5 Å². The number of likely N-dealkylation sites (tertiary alicyclic amines) is 2. The first-order valence-electron chi connectivity index (χ1n) is 12.0. The Labute approximate surface area is 207 Å². The number of H-pyrrole nitrogens is 1. The van der Waals surface area contributed by atoms with E-state index in [2.05, 4.69) is 49.2 Å². The fourth-order valence-corrected chi connectivity index (χ4v) is 5.55. The van der Waals surface area contributed by atoms with Gasteiger partial charge in [-0.05, 0) is 24.3 Å². The van der Waals surface area contributed by atoms with Crippen molar-refractivity contribution in [1.29, 1.82) is 0 Å². The van der Waals surface area contributed by atoms with Gasteiger partial charge in [0.05, 0.1) is 29.8 Å². The summed E-state index contributed by atoms with van der Waals surface area (Å²) in [7, 11) is 1.52. The SMILES string of the molecule is COc1cnc(-n2cnc(C)n2)c2[nH]cc(C(=O)C(=O)N3CC4CN(Cc5ccccc5)CC4C3)c12. The monoisotopic (exact) mass is 485 g/mol. The summed E-state index contributed by atoms with van der Waals surface area (Å²) in [5.41, 5.74) is 2.13. The third-order valence-corrected chi connectivity index (χ3v) is 7.23. The van der Waals surface area contributed by atoms with E-state index in [-0.39, 0.29) is 5.56 Å². The van der Waals surface area contributed by atoms with E-state index in [0.717, 1.165) is 19.6 Å². The lowest BCUT2D eigenvalue weighted by atomic mass is 10.0. The number of hydrogen-bond acceptors (Lipinski definition) is 7. The van der Waals surface area contributed by atoms with Gasteiger partial charge in [0.1, 0.15) is 17.9 Å². The first-order chi connectivity index (χ1) is 17.5. The summed E-state index contributed by atoms with van der Waals surface area (Å²) < 4.78 is 7.02. The van der Waals surface area contributed by atoms with Gasteiger partial charge in [0.15, 0.2) is 5.82 Å². The van der Waals surface area contributed by atoms with E-state index < -0.39 is 11.7 Å². The summed E-state index contributed by atoms with van der Waals surface area (Å²) in [4.78, 5) is 42.6. The van der Waals surface area contributed by atoms with Gasteiger partial charge in [0, 0.05) is 38.9 Å². The lowest BCUT2D eigenvalue weighted by Crippen LogP contribution is -2.37. The highest BCUT2D eigenvalue weighted by Gasteiger charge is 2.43. The third-order valence-electron chi connectivity index (χ3n) is 7.23. The number of ketones is 1. The summed E-state index contributed by atoms with van der Waals surface area (Å²) in [5.74, 6) is 1.24. The van der Waals surface area contributed by atoms with Gasteiger partial charge in [0.25, 0.3) is 11.7 Å². The largest absolute Gasteiger partial charge is 0.494 e. The van der Waals surface area contributed by atoms with E-state index in [4.69, 9.17) is 4.74 Å². The molecule has 1 amide bonds. The van der Waals surface area contributed by atoms with Crippen molar-refractivity contribution in [2.45, 2.75) is 13.5 Å². The molecule has 0 radical (unpaired) electrons. The molecule has 1 aromatic carbocycles. The highest BCUT2D eigenvalue weighted by atomic mass is 16.5. The van der Waals surface area contributed by atoms with Crippen molar-refractivity contribution in [3.8, 4) is 11.6 Å². The number of rotatable bonds is 6. The Balaban J connectivity index is 1.20. The van der Waals surface area contributed by atoms with E-state index in [9.17, 15) is 9.59 Å². The number of hydrogen-bond donors (Lipinski definition) is 1. The minimum absolute atomic E-state index is 0.273. The molecule has 6 rings (SSSR count). The van der Waals surface area contributed by atoms with Crippen LogP contribution in [-0.2, 0) is 11.3 Å². The van der Waals surface area contributed by atoms with Gasteiger partial charge in [0.2, 0.25) is 0 Å². The molecule has 2 aliphatic heterocycles. The van der Waals surface area contributed by atoms with E-state index in [1.165, 1.54) is 23.6 Å². The number of fused-ring (bicyclic) bond motifs is 2. The molecule has 0 aliphatic carbocycles. The topological polar surface area (TPSA) is 109 Å². The lowest BCUT2D eigenvalue weighted by molar-refractivity contribution is -0.125. The Morgan fingerprint density at radius 2 is 1.83 bits per heavy atom. The van der Waals surface area contributed by atoms with Crippen molar-refractivity contribution >= 4 is 22.6 Å². The molecule has 3 aromatic heterocycles. The van der Waals surface area contributed by atoms with Gasteiger partial charge < -0.3 is 14.6 Å². The zero-order valence-electron chi connectivity index (χ0n) is 20.2. The van der Waals surface area contributed by atoms with Crippen molar-refractivity contribution in [2.75, 3.05) is 33.3 Å². The van der Waals surface area contributed by atoms with Crippen LogP contribution >= 0.6 is 0 Å². The van der Waals surface area contributed by atoms with E-state index in [1.807, 2.05) is 6.07 Å². The molecule has 0 saturated carbocycles. The summed E-state index contributed by atoms with van der Waals surface area (Å²) in [6.07, 6.45) is 4.65. The molecule has 2 fully saturated rings. The Morgan fingerprint density at radius 1 is 1.08 bits per heavy atom. The predicted molar refractivity (Wildman–Crippen MR) is 132 cm³/mol. The minimum atomic E-state index is -0.549. The smallest absolute Gasteiger partial charge is 0.295 e. The zero-order chi connectivity index (χ0) is 24.8. The minimum Gasteiger partial charge on any atom is -0.494 e. The number of carbonyl (C=O) groups excluding carboxylic acids is 2. The van der Waals surface area contributed by atoms with Gasteiger partial charge in [-0.2, -0.15) is 5.10 Å². The first kappa shape index (κ1) is 22.4. The third kappa shape index (κ3) is 3.83. The van der Waals surface area contributed by atoms with Crippen LogP contribution in [0, 0.1) is 18.8 Å². The standard InChI is InChI=1S/C26H27N7O3/c1-16-29-15-33(30-16)25-23-22(21(36-2)9-28-25)20(8-27-23)24(34)26(35)32-13-18-11-31(12-19(18)14-32)10-17-6-4-3-5-7-17/h3-9,15,18-19,27H,10-14H2,1-2H3. The lowest BCUT2D eigenvalue weighted by Gasteiger charge is -2.21. The molecular formula is C26H27N7O3. The highest BCUT2D eigenvalue weighted by Crippen LogP contribution is 2.34. The van der Waals surface area contributed by atoms with Crippen molar-refractivity contribution in [2.24, 2.45) is 11.8 Å². The molecule has 10 heteroatoms. The average Bonchev–Trinajstić information content (AvgIpc) is 3.66. The van der Waals surface area contributed by atoms with Gasteiger partial charge in [-0.25, -0.2) is 14.6 Å². The van der Waals surface area contributed by atoms with Crippen LogP contribution in [0.1, 0.15) is 21.7 Å². The zero-order valence-corrected chi connectivity index (χ0v) is 20.2. The number of aromatic amines is 1. The summed E-state index contributed by atoms with van der Waals surface area (Å²) in [6, 6.07) is 10.4. The number of aryl methyl sites for hydroxylation is 1. The van der Waals surface area contributed by atoms with Crippen LogP contribution in [0.2, 0.25) is 0 Å². The maximum Gasteiger partial charge on any atom is 0.295 e. The summed E-state index contributed by atoms with van der Waals surface area (Å²) in [6.45, 7) is 5.77. The molecule has 2 unspecified atom stereocenters. The Kier molecular flexibility index (Phi) is 5.52. The van der Waals surface area contributed by atoms with Gasteiger partial charge in [-0.1, -0.05) is 30.3 Å². The number of nitrogens with zero attached hydrogens (tertiary/aromatic N) is 6. The molecule has 4 aromatic rings. The molecule has 2 aliphatic rings. The van der Waals surface area contributed by atoms with Crippen LogP contribution in [0.5, 0.6) is 5.75 Å². The van der Waals surface area contributed by atoms with Crippen LogP contribution in [0.15, 0.2) is 49.1 Å². The number of carbonyl (C=O) groups is 2. The molecule has 1 N–H and O–H groups in total. The van der Waals surface area contributed by atoms with Gasteiger partial charge in [-0.15, -0.1) is 0 Å². The number of nitrogens with one attached hydrogen (secondary N) is 1. The number of aromatic nitrogens is 5. The quantitative estimate of drug-likeness (QED) is 0.329. The number of amides is 1. The van der Waals surface area contributed by atoms with Crippen molar-refractivity contribution in [3.05, 3.63) is 66.0 Å². The maximum atomic E-state index is 13.4. The molecule has 10 nitrogen and oxygen atoms in total. The molecule has 0 bridgehead atoms. The number of methoxy groups -OCH3 is 1. The Bertz CT molecular complexity index is 1430. The molecule has 2 atom stereocenters. The first-order valence-corrected chi connectivity index (χ1v) is 12.0. The summed E-state index contributed by atoms with van der Waals surface area (Å²) >= 11 is 0. The molecule has 2 saturated heterocycles. The fourth-order valence-electron chi connectivity index (χ4n) is 5.55. The van der Waals surface area contributed by atoms with Crippen molar-refractivity contribution in [3.63, 3.8) is 0 Å². The Morgan fingerprint density at radius 3 is 2.50 bits per heavy atom. The normalized spacial score (nSPS) is 19.7. The number of Topliss-reactive ketones (excluding diaryl/α,β-unsaturated/α-hetero) is 1. The van der Waals surface area contributed by atoms with Crippen LogP contribution in [0.25, 0.3) is 16.7 Å². The second-order valence-electron chi connectivity index (χ2n) is 9.58. The second kappa shape index (κ2) is 8.87. The molecule has 184 valence electrons. The molecule has 5 heterocycles. The highest BCUT2D eigenvalue weighted by molar-refractivity contribution is 6.45. The van der Waals surface area contributed by atoms with Crippen LogP contribution < -0.4 is 4.74 Å². The van der Waals surface area contributed by atoms with Crippen LogP contribution in [-0.4, -0.2) is 79.5 Å². The number of ether oxygens (including phenoxy) is 1. The van der Waals surface area contributed by atoms with Gasteiger partial charge >= 0.3 is 0 Å². The maximum absolute atomic E-state index is 13.4. The summed E-state index contributed by atoms with van der Waals surface area (Å²) in [5, 5.41) is 4.84. The van der Waals surface area contributed by atoms with Crippen LogP contribution in [0.3, 0.4) is 0 Å². The number of pyridine rings is 1. The van der Waals surface area contributed by atoms with Crippen molar-refractivity contribution in [1.82, 2.24) is 34.5 Å². The van der Waals surface area contributed by atoms with E-state index in [1.54, 1.807) is 24.3 Å².